The lowest BCUT2D eigenvalue weighted by molar-refractivity contribution is 0.102. The van der Waals surface area contributed by atoms with E-state index < -0.39 is 0 Å². The van der Waals surface area contributed by atoms with Gasteiger partial charge >= 0.3 is 0 Å². The van der Waals surface area contributed by atoms with Crippen molar-refractivity contribution < 1.29 is 4.79 Å². The van der Waals surface area contributed by atoms with Crippen LogP contribution in [0.3, 0.4) is 0 Å². The number of benzene rings is 2. The zero-order chi connectivity index (χ0) is 13.8. The van der Waals surface area contributed by atoms with Gasteiger partial charge in [-0.25, -0.2) is 0 Å². The van der Waals surface area contributed by atoms with Crippen LogP contribution in [-0.4, -0.2) is 5.91 Å². The molecule has 0 radical (unpaired) electrons. The van der Waals surface area contributed by atoms with Crippen LogP contribution < -0.4 is 5.32 Å². The summed E-state index contributed by atoms with van der Waals surface area (Å²) < 4.78 is 1.69. The minimum absolute atomic E-state index is 0.167. The lowest BCUT2D eigenvalue weighted by atomic mass is 10.1. The number of hydrogen-bond donors (Lipinski definition) is 1. The highest BCUT2D eigenvalue weighted by molar-refractivity contribution is 9.11. The van der Waals surface area contributed by atoms with Crippen molar-refractivity contribution in [1.82, 2.24) is 0 Å². The molecule has 2 rings (SSSR count). The SMILES string of the molecule is O=C(Nc1ccccc1CCl)c1cc(Br)cc(Br)c1. The van der Waals surface area contributed by atoms with E-state index in [0.717, 1.165) is 20.2 Å². The molecule has 1 N–H and O–H groups in total. The third kappa shape index (κ3) is 3.81. The Bertz CT molecular complexity index is 596. The fourth-order valence-corrected chi connectivity index (χ4v) is 3.16. The molecule has 0 heterocycles. The highest BCUT2D eigenvalue weighted by Gasteiger charge is 2.10. The first-order valence-corrected chi connectivity index (χ1v) is 7.63. The van der Waals surface area contributed by atoms with Crippen molar-refractivity contribution in [2.75, 3.05) is 5.32 Å². The maximum absolute atomic E-state index is 12.2. The van der Waals surface area contributed by atoms with Gasteiger partial charge in [0.2, 0.25) is 0 Å². The van der Waals surface area contributed by atoms with Crippen molar-refractivity contribution in [3.05, 3.63) is 62.5 Å². The second-order valence-corrected chi connectivity index (χ2v) is 6.00. The van der Waals surface area contributed by atoms with Crippen molar-refractivity contribution in [2.45, 2.75) is 5.88 Å². The number of hydrogen-bond acceptors (Lipinski definition) is 1. The molecule has 0 aliphatic heterocycles. The fourth-order valence-electron chi connectivity index (χ4n) is 1.64. The first-order chi connectivity index (χ1) is 9.10. The molecule has 2 aromatic carbocycles. The Kier molecular flexibility index (Phi) is 5.02. The van der Waals surface area contributed by atoms with Crippen LogP contribution in [0.15, 0.2) is 51.4 Å². The standard InChI is InChI=1S/C14H10Br2ClNO/c15-11-5-10(6-12(16)7-11)14(19)18-13-4-2-1-3-9(13)8-17/h1-7H,8H2,(H,18,19). The van der Waals surface area contributed by atoms with Gasteiger partial charge in [0.1, 0.15) is 0 Å². The molecule has 0 spiro atoms. The van der Waals surface area contributed by atoms with Gasteiger partial charge in [-0.2, -0.15) is 0 Å². The first kappa shape index (κ1) is 14.6. The number of carbonyl (C=O) groups is 1. The second kappa shape index (κ2) is 6.55. The van der Waals surface area contributed by atoms with Crippen LogP contribution >= 0.6 is 43.5 Å². The van der Waals surface area contributed by atoms with Gasteiger partial charge in [0.25, 0.3) is 5.91 Å². The maximum Gasteiger partial charge on any atom is 0.255 e. The molecular formula is C14H10Br2ClNO. The van der Waals surface area contributed by atoms with Gasteiger partial charge in [0.05, 0.1) is 0 Å². The Morgan fingerprint density at radius 1 is 1.11 bits per heavy atom. The third-order valence-electron chi connectivity index (χ3n) is 2.53. The van der Waals surface area contributed by atoms with Crippen molar-refractivity contribution in [1.29, 1.82) is 0 Å². The normalized spacial score (nSPS) is 10.3. The minimum Gasteiger partial charge on any atom is -0.322 e. The lowest BCUT2D eigenvalue weighted by Gasteiger charge is -2.09. The first-order valence-electron chi connectivity index (χ1n) is 5.51. The number of para-hydroxylation sites is 1. The van der Waals surface area contributed by atoms with Crippen LogP contribution in [0.25, 0.3) is 0 Å². The number of nitrogens with one attached hydrogen (secondary N) is 1. The molecule has 0 saturated heterocycles. The summed E-state index contributed by atoms with van der Waals surface area (Å²) in [5, 5.41) is 2.87. The summed E-state index contributed by atoms with van der Waals surface area (Å²) in [5.74, 6) is 0.193. The van der Waals surface area contributed by atoms with Crippen LogP contribution in [0.1, 0.15) is 15.9 Å². The third-order valence-corrected chi connectivity index (χ3v) is 3.74. The molecule has 0 fully saturated rings. The van der Waals surface area contributed by atoms with Crippen LogP contribution in [-0.2, 0) is 5.88 Å². The van der Waals surface area contributed by atoms with E-state index in [9.17, 15) is 4.79 Å². The van der Waals surface area contributed by atoms with Crippen LogP contribution in [0.4, 0.5) is 5.69 Å². The molecular weight excluding hydrogens is 393 g/mol. The average Bonchev–Trinajstić information content (AvgIpc) is 2.38. The minimum atomic E-state index is -0.167. The molecule has 0 unspecified atom stereocenters. The van der Waals surface area contributed by atoms with Crippen LogP contribution in [0.5, 0.6) is 0 Å². The van der Waals surface area contributed by atoms with Crippen molar-refractivity contribution in [3.8, 4) is 0 Å². The molecule has 2 nitrogen and oxygen atoms in total. The monoisotopic (exact) mass is 401 g/mol. The summed E-state index contributed by atoms with van der Waals surface area (Å²) in [6.07, 6.45) is 0. The van der Waals surface area contributed by atoms with E-state index in [-0.39, 0.29) is 5.91 Å². The molecule has 19 heavy (non-hydrogen) atoms. The smallest absolute Gasteiger partial charge is 0.255 e. The Balaban J connectivity index is 2.25. The van der Waals surface area contributed by atoms with E-state index in [1.807, 2.05) is 30.3 Å². The molecule has 0 bridgehead atoms. The number of halogens is 3. The zero-order valence-corrected chi connectivity index (χ0v) is 13.7. The van der Waals surface area contributed by atoms with Gasteiger partial charge in [-0.05, 0) is 29.8 Å². The van der Waals surface area contributed by atoms with Gasteiger partial charge < -0.3 is 5.32 Å². The highest BCUT2D eigenvalue weighted by Crippen LogP contribution is 2.22. The quantitative estimate of drug-likeness (QED) is 0.701. The van der Waals surface area contributed by atoms with Gasteiger partial charge in [-0.15, -0.1) is 11.6 Å². The largest absolute Gasteiger partial charge is 0.322 e. The number of amides is 1. The summed E-state index contributed by atoms with van der Waals surface area (Å²) in [4.78, 5) is 12.2. The summed E-state index contributed by atoms with van der Waals surface area (Å²) >= 11 is 12.6. The molecule has 0 atom stereocenters. The van der Waals surface area contributed by atoms with E-state index in [0.29, 0.717) is 11.4 Å². The summed E-state index contributed by atoms with van der Waals surface area (Å²) in [5.41, 5.74) is 2.20. The maximum atomic E-state index is 12.2. The predicted octanol–water partition coefficient (Wildman–Crippen LogP) is 5.20. The van der Waals surface area contributed by atoms with Crippen molar-refractivity contribution in [3.63, 3.8) is 0 Å². The van der Waals surface area contributed by atoms with E-state index in [4.69, 9.17) is 11.6 Å². The van der Waals surface area contributed by atoms with Gasteiger partial charge in [0, 0.05) is 26.1 Å². The average molecular weight is 404 g/mol. The van der Waals surface area contributed by atoms with E-state index in [1.54, 1.807) is 12.1 Å². The Morgan fingerprint density at radius 2 is 1.74 bits per heavy atom. The van der Waals surface area contributed by atoms with Crippen molar-refractivity contribution in [2.24, 2.45) is 0 Å². The van der Waals surface area contributed by atoms with Crippen LogP contribution in [0.2, 0.25) is 0 Å². The summed E-state index contributed by atoms with van der Waals surface area (Å²) in [7, 11) is 0. The Morgan fingerprint density at radius 3 is 2.37 bits per heavy atom. The Hall–Kier alpha value is -0.840. The molecule has 0 aliphatic rings. The number of carbonyl (C=O) groups excluding carboxylic acids is 1. The van der Waals surface area contributed by atoms with E-state index in [2.05, 4.69) is 37.2 Å². The van der Waals surface area contributed by atoms with Crippen molar-refractivity contribution >= 4 is 55.1 Å². The fraction of sp³-hybridized carbons (Fsp3) is 0.0714. The van der Waals surface area contributed by atoms with E-state index in [1.165, 1.54) is 0 Å². The molecule has 1 amide bonds. The topological polar surface area (TPSA) is 29.1 Å². The molecule has 2 aromatic rings. The molecule has 5 heteroatoms. The number of rotatable bonds is 3. The van der Waals surface area contributed by atoms with Crippen LogP contribution in [0, 0.1) is 0 Å². The number of anilines is 1. The Labute approximate surface area is 133 Å². The van der Waals surface area contributed by atoms with Gasteiger partial charge in [0.15, 0.2) is 0 Å². The second-order valence-electron chi connectivity index (χ2n) is 3.90. The lowest BCUT2D eigenvalue weighted by Crippen LogP contribution is -2.13. The number of alkyl halides is 1. The van der Waals surface area contributed by atoms with Gasteiger partial charge in [-0.3, -0.25) is 4.79 Å². The molecule has 0 aliphatic carbocycles. The molecule has 0 saturated carbocycles. The molecule has 0 aromatic heterocycles. The zero-order valence-electron chi connectivity index (χ0n) is 9.79. The summed E-state index contributed by atoms with van der Waals surface area (Å²) in [6.45, 7) is 0. The van der Waals surface area contributed by atoms with Gasteiger partial charge in [-0.1, -0.05) is 50.1 Å². The highest BCUT2D eigenvalue weighted by atomic mass is 79.9. The molecule has 98 valence electrons. The summed E-state index contributed by atoms with van der Waals surface area (Å²) in [6, 6.07) is 12.9. The predicted molar refractivity (Wildman–Crippen MR) is 85.8 cm³/mol. The van der Waals surface area contributed by atoms with E-state index >= 15 is 0 Å².